The van der Waals surface area contributed by atoms with Crippen molar-refractivity contribution in [3.63, 3.8) is 0 Å². The topological polar surface area (TPSA) is 26.0 Å². The fourth-order valence-electron chi connectivity index (χ4n) is 0.714. The normalized spacial score (nSPS) is 11.4. The molecule has 1 unspecified atom stereocenters. The van der Waals surface area contributed by atoms with Crippen molar-refractivity contribution < 1.29 is 0 Å². The highest BCUT2D eigenvalue weighted by atomic mass is 14.6. The Labute approximate surface area is 63.3 Å². The predicted molar refractivity (Wildman–Crippen MR) is 45.5 cm³/mol. The van der Waals surface area contributed by atoms with E-state index in [9.17, 15) is 0 Å². The largest absolute Gasteiger partial charge is 0.327 e. The monoisotopic (exact) mass is 137 g/mol. The second kappa shape index (κ2) is 6.38. The summed E-state index contributed by atoms with van der Waals surface area (Å²) in [5.41, 5.74) is 5.69. The standard InChI is InChI=1S/C9H15N/c1-3-5-6-8-9(10)7-4-2/h4,9H,2,6-8,10H2,1H3. The molecule has 0 radical (unpaired) electrons. The Morgan fingerprint density at radius 2 is 2.40 bits per heavy atom. The van der Waals surface area contributed by atoms with E-state index < -0.39 is 0 Å². The molecule has 0 aromatic carbocycles. The zero-order valence-corrected chi connectivity index (χ0v) is 6.56. The van der Waals surface area contributed by atoms with Gasteiger partial charge in [-0.15, -0.1) is 18.4 Å². The summed E-state index contributed by atoms with van der Waals surface area (Å²) in [5.74, 6) is 5.81. The Morgan fingerprint density at radius 3 is 2.90 bits per heavy atom. The summed E-state index contributed by atoms with van der Waals surface area (Å²) in [5, 5.41) is 0. The van der Waals surface area contributed by atoms with Crippen molar-refractivity contribution in [3.8, 4) is 11.8 Å². The zero-order valence-electron chi connectivity index (χ0n) is 6.56. The molecule has 0 aliphatic heterocycles. The first-order valence-corrected chi connectivity index (χ1v) is 3.57. The van der Waals surface area contributed by atoms with Crippen molar-refractivity contribution >= 4 is 0 Å². The second-order valence-electron chi connectivity index (χ2n) is 2.25. The van der Waals surface area contributed by atoms with Crippen molar-refractivity contribution in [3.05, 3.63) is 12.7 Å². The summed E-state index contributed by atoms with van der Waals surface area (Å²) >= 11 is 0. The molecule has 0 aliphatic carbocycles. The Balaban J connectivity index is 3.26. The molecule has 0 heterocycles. The van der Waals surface area contributed by atoms with E-state index in [1.54, 1.807) is 0 Å². The smallest absolute Gasteiger partial charge is 0.0103 e. The number of nitrogens with two attached hydrogens (primary N) is 1. The van der Waals surface area contributed by atoms with Gasteiger partial charge in [-0.25, -0.2) is 0 Å². The van der Waals surface area contributed by atoms with Crippen LogP contribution in [0.3, 0.4) is 0 Å². The highest BCUT2D eigenvalue weighted by Crippen LogP contribution is 1.97. The Bertz CT molecular complexity index is 139. The molecular weight excluding hydrogens is 122 g/mol. The van der Waals surface area contributed by atoms with Crippen molar-refractivity contribution in [1.29, 1.82) is 0 Å². The molecule has 0 fully saturated rings. The van der Waals surface area contributed by atoms with Crippen LogP contribution in [0.25, 0.3) is 0 Å². The van der Waals surface area contributed by atoms with Crippen LogP contribution in [0.15, 0.2) is 12.7 Å². The average Bonchev–Trinajstić information content (AvgIpc) is 1.89. The van der Waals surface area contributed by atoms with Gasteiger partial charge in [0.1, 0.15) is 0 Å². The first kappa shape index (κ1) is 9.26. The Kier molecular flexibility index (Phi) is 5.91. The molecule has 0 saturated heterocycles. The van der Waals surface area contributed by atoms with E-state index in [1.165, 1.54) is 0 Å². The highest BCUT2D eigenvalue weighted by molar-refractivity contribution is 4.95. The minimum Gasteiger partial charge on any atom is -0.327 e. The lowest BCUT2D eigenvalue weighted by Crippen LogP contribution is -2.17. The van der Waals surface area contributed by atoms with Gasteiger partial charge in [-0.2, -0.15) is 0 Å². The number of hydrogen-bond acceptors (Lipinski definition) is 1. The maximum Gasteiger partial charge on any atom is 0.0103 e. The molecule has 56 valence electrons. The van der Waals surface area contributed by atoms with Crippen LogP contribution in [0.2, 0.25) is 0 Å². The van der Waals surface area contributed by atoms with E-state index in [-0.39, 0.29) is 6.04 Å². The van der Waals surface area contributed by atoms with Crippen LogP contribution in [0.4, 0.5) is 0 Å². The van der Waals surface area contributed by atoms with Crippen LogP contribution in [0.5, 0.6) is 0 Å². The first-order valence-electron chi connectivity index (χ1n) is 3.57. The quantitative estimate of drug-likeness (QED) is 0.463. The van der Waals surface area contributed by atoms with Crippen LogP contribution >= 0.6 is 0 Å². The van der Waals surface area contributed by atoms with Gasteiger partial charge in [0.15, 0.2) is 0 Å². The summed E-state index contributed by atoms with van der Waals surface area (Å²) in [6, 6.07) is 0.248. The molecule has 0 amide bonds. The summed E-state index contributed by atoms with van der Waals surface area (Å²) in [6.45, 7) is 5.46. The molecule has 0 aromatic heterocycles. The highest BCUT2D eigenvalue weighted by Gasteiger charge is 1.95. The fourth-order valence-corrected chi connectivity index (χ4v) is 0.714. The maximum absolute atomic E-state index is 5.69. The van der Waals surface area contributed by atoms with Gasteiger partial charge in [-0.05, 0) is 19.8 Å². The molecule has 10 heavy (non-hydrogen) atoms. The number of hydrogen-bond donors (Lipinski definition) is 1. The molecule has 0 rings (SSSR count). The van der Waals surface area contributed by atoms with Crippen LogP contribution in [0.1, 0.15) is 26.2 Å². The van der Waals surface area contributed by atoms with Crippen LogP contribution in [0, 0.1) is 11.8 Å². The van der Waals surface area contributed by atoms with Gasteiger partial charge in [0.2, 0.25) is 0 Å². The van der Waals surface area contributed by atoms with E-state index >= 15 is 0 Å². The number of rotatable bonds is 4. The molecule has 0 aliphatic rings. The SMILES string of the molecule is C=CCC(N)CCC#CC. The second-order valence-corrected chi connectivity index (χ2v) is 2.25. The molecule has 0 spiro atoms. The van der Waals surface area contributed by atoms with Crippen molar-refractivity contribution in [2.24, 2.45) is 5.73 Å². The lowest BCUT2D eigenvalue weighted by Gasteiger charge is -2.03. The zero-order chi connectivity index (χ0) is 7.82. The van der Waals surface area contributed by atoms with E-state index in [1.807, 2.05) is 13.0 Å². The third-order valence-electron chi connectivity index (χ3n) is 1.29. The van der Waals surface area contributed by atoms with E-state index in [0.29, 0.717) is 0 Å². The van der Waals surface area contributed by atoms with Gasteiger partial charge in [0.25, 0.3) is 0 Å². The van der Waals surface area contributed by atoms with Gasteiger partial charge < -0.3 is 5.73 Å². The molecule has 0 bridgehead atoms. The minimum atomic E-state index is 0.248. The lowest BCUT2D eigenvalue weighted by molar-refractivity contribution is 0.635. The third-order valence-corrected chi connectivity index (χ3v) is 1.29. The summed E-state index contributed by atoms with van der Waals surface area (Å²) < 4.78 is 0. The van der Waals surface area contributed by atoms with E-state index in [4.69, 9.17) is 5.73 Å². The third kappa shape index (κ3) is 5.40. The van der Waals surface area contributed by atoms with Crippen molar-refractivity contribution in [2.45, 2.75) is 32.2 Å². The summed E-state index contributed by atoms with van der Waals surface area (Å²) in [4.78, 5) is 0. The Hall–Kier alpha value is -0.740. The minimum absolute atomic E-state index is 0.248. The summed E-state index contributed by atoms with van der Waals surface area (Å²) in [7, 11) is 0. The molecule has 2 N–H and O–H groups in total. The molecular formula is C9H15N. The van der Waals surface area contributed by atoms with Gasteiger partial charge in [-0.1, -0.05) is 6.08 Å². The lowest BCUT2D eigenvalue weighted by atomic mass is 10.1. The van der Waals surface area contributed by atoms with Gasteiger partial charge >= 0.3 is 0 Å². The predicted octanol–water partition coefficient (Wildman–Crippen LogP) is 1.69. The Morgan fingerprint density at radius 1 is 1.70 bits per heavy atom. The van der Waals surface area contributed by atoms with Crippen molar-refractivity contribution in [1.82, 2.24) is 0 Å². The summed E-state index contributed by atoms with van der Waals surface area (Å²) in [6.07, 6.45) is 4.63. The molecule has 0 aromatic rings. The van der Waals surface area contributed by atoms with Crippen LogP contribution in [-0.4, -0.2) is 6.04 Å². The molecule has 0 saturated carbocycles. The average molecular weight is 137 g/mol. The first-order chi connectivity index (χ1) is 4.81. The maximum atomic E-state index is 5.69. The molecule has 1 heteroatoms. The van der Waals surface area contributed by atoms with Crippen molar-refractivity contribution in [2.75, 3.05) is 0 Å². The van der Waals surface area contributed by atoms with Gasteiger partial charge in [0.05, 0.1) is 0 Å². The van der Waals surface area contributed by atoms with Gasteiger partial charge in [-0.3, -0.25) is 0 Å². The van der Waals surface area contributed by atoms with E-state index in [0.717, 1.165) is 19.3 Å². The van der Waals surface area contributed by atoms with Crippen LogP contribution in [-0.2, 0) is 0 Å². The molecule has 1 atom stereocenters. The van der Waals surface area contributed by atoms with Gasteiger partial charge in [0, 0.05) is 12.5 Å². The fraction of sp³-hybridized carbons (Fsp3) is 0.556. The van der Waals surface area contributed by atoms with E-state index in [2.05, 4.69) is 18.4 Å². The van der Waals surface area contributed by atoms with Crippen LogP contribution < -0.4 is 5.73 Å². The molecule has 1 nitrogen and oxygen atoms in total.